The zero-order valence-corrected chi connectivity index (χ0v) is 10.0. The topological polar surface area (TPSA) is 58.6 Å². The smallest absolute Gasteiger partial charge is 0.306 e. The van der Waals surface area contributed by atoms with Gasteiger partial charge in [0.1, 0.15) is 5.75 Å². The molecule has 1 saturated carbocycles. The zero-order chi connectivity index (χ0) is 12.4. The van der Waals surface area contributed by atoms with Gasteiger partial charge in [-0.2, -0.15) is 0 Å². The molecule has 3 atom stereocenters. The van der Waals surface area contributed by atoms with Crippen molar-refractivity contribution in [3.05, 3.63) is 29.8 Å². The number of hydrogen-bond acceptors (Lipinski definition) is 3. The Morgan fingerprint density at radius 2 is 2.24 bits per heavy atom. The van der Waals surface area contributed by atoms with E-state index in [1.807, 2.05) is 31.3 Å². The van der Waals surface area contributed by atoms with Crippen LogP contribution in [0.4, 0.5) is 0 Å². The third-order valence-electron chi connectivity index (χ3n) is 3.37. The number of nitrogens with one attached hydrogen (secondary N) is 1. The van der Waals surface area contributed by atoms with Crippen molar-refractivity contribution in [3.63, 3.8) is 0 Å². The van der Waals surface area contributed by atoms with Crippen molar-refractivity contribution >= 4 is 5.97 Å². The molecule has 2 rings (SSSR count). The van der Waals surface area contributed by atoms with Crippen molar-refractivity contribution in [1.82, 2.24) is 5.32 Å². The second-order valence-electron chi connectivity index (χ2n) is 4.35. The van der Waals surface area contributed by atoms with Gasteiger partial charge in [-0.1, -0.05) is 18.2 Å². The summed E-state index contributed by atoms with van der Waals surface area (Å²) in [6.45, 7) is 0. The Labute approximate surface area is 101 Å². The molecule has 0 spiro atoms. The average molecular weight is 235 g/mol. The molecule has 1 aliphatic carbocycles. The maximum absolute atomic E-state index is 10.9. The highest BCUT2D eigenvalue weighted by molar-refractivity contribution is 5.73. The first-order chi connectivity index (χ1) is 8.19. The Hall–Kier alpha value is -1.55. The van der Waals surface area contributed by atoms with Gasteiger partial charge < -0.3 is 15.2 Å². The molecule has 92 valence electrons. The van der Waals surface area contributed by atoms with Gasteiger partial charge in [0.2, 0.25) is 0 Å². The first-order valence-corrected chi connectivity index (χ1v) is 5.72. The highest BCUT2D eigenvalue weighted by Gasteiger charge is 2.48. The van der Waals surface area contributed by atoms with Crippen molar-refractivity contribution < 1.29 is 14.6 Å². The molecule has 0 radical (unpaired) electrons. The third kappa shape index (κ3) is 2.26. The summed E-state index contributed by atoms with van der Waals surface area (Å²) in [7, 11) is 3.49. The van der Waals surface area contributed by atoms with Gasteiger partial charge in [0.25, 0.3) is 0 Å². The van der Waals surface area contributed by atoms with E-state index < -0.39 is 5.97 Å². The molecular weight excluding hydrogens is 218 g/mol. The van der Waals surface area contributed by atoms with Crippen molar-refractivity contribution in [3.8, 4) is 5.75 Å². The molecule has 1 aromatic rings. The molecule has 1 aliphatic rings. The van der Waals surface area contributed by atoms with Crippen LogP contribution in [0.2, 0.25) is 0 Å². The number of ether oxygens (including phenoxy) is 1. The second kappa shape index (κ2) is 4.75. The van der Waals surface area contributed by atoms with Gasteiger partial charge in [-0.25, -0.2) is 0 Å². The molecule has 0 aliphatic heterocycles. The molecule has 3 unspecified atom stereocenters. The lowest BCUT2D eigenvalue weighted by Gasteiger charge is -2.19. The molecule has 0 heterocycles. The van der Waals surface area contributed by atoms with E-state index in [9.17, 15) is 4.79 Å². The summed E-state index contributed by atoms with van der Waals surface area (Å²) in [6, 6.07) is 7.79. The first kappa shape index (κ1) is 11.9. The molecule has 4 nitrogen and oxygen atoms in total. The molecule has 1 aromatic carbocycles. The first-order valence-electron chi connectivity index (χ1n) is 5.72. The summed E-state index contributed by atoms with van der Waals surface area (Å²) in [5, 5.41) is 12.2. The second-order valence-corrected chi connectivity index (χ2v) is 4.35. The molecular formula is C13H17NO3. The Morgan fingerprint density at radius 1 is 1.53 bits per heavy atom. The van der Waals surface area contributed by atoms with E-state index in [1.54, 1.807) is 7.11 Å². The van der Waals surface area contributed by atoms with Crippen LogP contribution in [0.25, 0.3) is 0 Å². The van der Waals surface area contributed by atoms with E-state index in [0.29, 0.717) is 0 Å². The van der Waals surface area contributed by atoms with E-state index in [0.717, 1.165) is 17.7 Å². The van der Waals surface area contributed by atoms with Crippen LogP contribution in [0.5, 0.6) is 5.75 Å². The fourth-order valence-corrected chi connectivity index (χ4v) is 2.39. The standard InChI is InChI=1S/C13H17NO3/c1-14-12(9-7-10(9)13(15)16)8-5-3-4-6-11(8)17-2/h3-6,9-10,12,14H,7H2,1-2H3,(H,15,16). The summed E-state index contributed by atoms with van der Waals surface area (Å²) >= 11 is 0. The lowest BCUT2D eigenvalue weighted by Crippen LogP contribution is -2.21. The SMILES string of the molecule is CNC(c1ccccc1OC)C1CC1C(=O)O. The highest BCUT2D eigenvalue weighted by Crippen LogP contribution is 2.48. The molecule has 1 fully saturated rings. The maximum Gasteiger partial charge on any atom is 0.306 e. The number of carboxylic acids is 1. The number of benzene rings is 1. The summed E-state index contributed by atoms with van der Waals surface area (Å²) in [4.78, 5) is 10.9. The molecule has 4 heteroatoms. The summed E-state index contributed by atoms with van der Waals surface area (Å²) < 4.78 is 5.31. The van der Waals surface area contributed by atoms with Crippen LogP contribution in [-0.2, 0) is 4.79 Å². The van der Waals surface area contributed by atoms with Gasteiger partial charge in [-0.15, -0.1) is 0 Å². The van der Waals surface area contributed by atoms with Crippen LogP contribution >= 0.6 is 0 Å². The molecule has 0 bridgehead atoms. The Bertz CT molecular complexity index is 419. The Balaban J connectivity index is 2.22. The fraction of sp³-hybridized carbons (Fsp3) is 0.462. The Morgan fingerprint density at radius 3 is 2.76 bits per heavy atom. The predicted molar refractivity (Wildman–Crippen MR) is 64.0 cm³/mol. The summed E-state index contributed by atoms with van der Waals surface area (Å²) in [6.07, 6.45) is 0.735. The van der Waals surface area contributed by atoms with Crippen molar-refractivity contribution in [2.45, 2.75) is 12.5 Å². The largest absolute Gasteiger partial charge is 0.496 e. The number of hydrogen-bond donors (Lipinski definition) is 2. The van der Waals surface area contributed by atoms with Crippen molar-refractivity contribution in [2.75, 3.05) is 14.2 Å². The Kier molecular flexibility index (Phi) is 3.33. The third-order valence-corrected chi connectivity index (χ3v) is 3.37. The lowest BCUT2D eigenvalue weighted by atomic mass is 10.00. The van der Waals surface area contributed by atoms with Crippen molar-refractivity contribution in [2.24, 2.45) is 11.8 Å². The lowest BCUT2D eigenvalue weighted by molar-refractivity contribution is -0.138. The van der Waals surface area contributed by atoms with Gasteiger partial charge in [0.15, 0.2) is 0 Å². The van der Waals surface area contributed by atoms with Gasteiger partial charge >= 0.3 is 5.97 Å². The van der Waals surface area contributed by atoms with E-state index in [2.05, 4.69) is 5.32 Å². The maximum atomic E-state index is 10.9. The van der Waals surface area contributed by atoms with Crippen LogP contribution in [-0.4, -0.2) is 25.2 Å². The van der Waals surface area contributed by atoms with Gasteiger partial charge in [-0.3, -0.25) is 4.79 Å². The molecule has 0 amide bonds. The average Bonchev–Trinajstić information content (AvgIpc) is 3.11. The predicted octanol–water partition coefficient (Wildman–Crippen LogP) is 1.68. The molecule has 0 aromatic heterocycles. The number of methoxy groups -OCH3 is 1. The van der Waals surface area contributed by atoms with Crippen LogP contribution in [0.15, 0.2) is 24.3 Å². The van der Waals surface area contributed by atoms with Crippen LogP contribution < -0.4 is 10.1 Å². The van der Waals surface area contributed by atoms with E-state index in [4.69, 9.17) is 9.84 Å². The number of aliphatic carboxylic acids is 1. The van der Waals surface area contributed by atoms with Crippen LogP contribution in [0.1, 0.15) is 18.0 Å². The van der Waals surface area contributed by atoms with E-state index in [1.165, 1.54) is 0 Å². The van der Waals surface area contributed by atoms with Gasteiger partial charge in [0, 0.05) is 11.6 Å². The summed E-state index contributed by atoms with van der Waals surface area (Å²) in [5.41, 5.74) is 1.03. The molecule has 0 saturated heterocycles. The molecule has 17 heavy (non-hydrogen) atoms. The fourth-order valence-electron chi connectivity index (χ4n) is 2.39. The van der Waals surface area contributed by atoms with Gasteiger partial charge in [0.05, 0.1) is 13.0 Å². The van der Waals surface area contributed by atoms with E-state index >= 15 is 0 Å². The van der Waals surface area contributed by atoms with Crippen LogP contribution in [0.3, 0.4) is 0 Å². The monoisotopic (exact) mass is 235 g/mol. The molecule has 2 N–H and O–H groups in total. The van der Waals surface area contributed by atoms with Gasteiger partial charge in [-0.05, 0) is 25.5 Å². The number of carbonyl (C=O) groups is 1. The number of para-hydroxylation sites is 1. The minimum Gasteiger partial charge on any atom is -0.496 e. The zero-order valence-electron chi connectivity index (χ0n) is 10.0. The summed E-state index contributed by atoms with van der Waals surface area (Å²) in [5.74, 6) is 0.0409. The normalized spacial score (nSPS) is 24.1. The van der Waals surface area contributed by atoms with Crippen molar-refractivity contribution in [1.29, 1.82) is 0 Å². The van der Waals surface area contributed by atoms with E-state index in [-0.39, 0.29) is 17.9 Å². The quantitative estimate of drug-likeness (QED) is 0.815. The number of rotatable bonds is 5. The number of carboxylic acid groups (broad SMARTS) is 1. The van der Waals surface area contributed by atoms with Crippen LogP contribution in [0, 0.1) is 11.8 Å². The highest BCUT2D eigenvalue weighted by atomic mass is 16.5. The minimum atomic E-state index is -0.704. The minimum absolute atomic E-state index is 0.0484.